The molecule has 1 rings (SSSR count). The van der Waals surface area contributed by atoms with E-state index < -0.39 is 0 Å². The van der Waals surface area contributed by atoms with Gasteiger partial charge in [0.15, 0.2) is 0 Å². The molecule has 0 aliphatic carbocycles. The molecule has 0 saturated carbocycles. The smallest absolute Gasteiger partial charge is 0.236 e. The summed E-state index contributed by atoms with van der Waals surface area (Å²) in [5.41, 5.74) is 7.50. The molecule has 0 unspecified atom stereocenters. The molecule has 106 valence electrons. The molecule has 1 amide bonds. The predicted molar refractivity (Wildman–Crippen MR) is 77.1 cm³/mol. The minimum atomic E-state index is 0.0877. The number of anilines is 1. The van der Waals surface area contributed by atoms with E-state index in [4.69, 9.17) is 10.5 Å². The van der Waals surface area contributed by atoms with Crippen LogP contribution < -0.4 is 10.5 Å². The molecule has 5 heteroatoms. The molecule has 1 aromatic rings. The quantitative estimate of drug-likeness (QED) is 0.785. The van der Waals surface area contributed by atoms with Crippen molar-refractivity contribution >= 4 is 11.6 Å². The number of likely N-dealkylation sites (N-methyl/N-ethyl adjacent to an activating group) is 2. The van der Waals surface area contributed by atoms with Crippen molar-refractivity contribution in [2.45, 2.75) is 13.5 Å². The van der Waals surface area contributed by atoms with Crippen LogP contribution in [0.4, 0.5) is 5.69 Å². The Morgan fingerprint density at radius 2 is 2.05 bits per heavy atom. The van der Waals surface area contributed by atoms with E-state index in [2.05, 4.69) is 4.90 Å². The van der Waals surface area contributed by atoms with Crippen LogP contribution in [0.15, 0.2) is 18.2 Å². The second-order valence-electron chi connectivity index (χ2n) is 4.66. The van der Waals surface area contributed by atoms with Crippen LogP contribution in [0.3, 0.4) is 0 Å². The summed E-state index contributed by atoms with van der Waals surface area (Å²) in [7, 11) is 5.16. The number of benzene rings is 1. The maximum atomic E-state index is 11.8. The molecule has 0 heterocycles. The molecule has 5 nitrogen and oxygen atoms in total. The van der Waals surface area contributed by atoms with Crippen LogP contribution in [-0.4, -0.2) is 50.0 Å². The molecule has 0 fully saturated rings. The van der Waals surface area contributed by atoms with Crippen molar-refractivity contribution in [2.24, 2.45) is 0 Å². The Labute approximate surface area is 114 Å². The van der Waals surface area contributed by atoms with E-state index in [1.165, 1.54) is 0 Å². The van der Waals surface area contributed by atoms with Gasteiger partial charge < -0.3 is 15.4 Å². The number of nitrogens with two attached hydrogens (primary N) is 1. The Balaban J connectivity index is 2.80. The molecule has 0 spiro atoms. The van der Waals surface area contributed by atoms with Crippen LogP contribution in [0.25, 0.3) is 0 Å². The van der Waals surface area contributed by atoms with Gasteiger partial charge in [0.05, 0.1) is 13.7 Å². The van der Waals surface area contributed by atoms with Gasteiger partial charge in [-0.25, -0.2) is 0 Å². The van der Waals surface area contributed by atoms with Gasteiger partial charge in [-0.2, -0.15) is 0 Å². The highest BCUT2D eigenvalue weighted by Crippen LogP contribution is 2.22. The first-order valence-electron chi connectivity index (χ1n) is 6.32. The van der Waals surface area contributed by atoms with Crippen LogP contribution in [0.5, 0.6) is 5.75 Å². The van der Waals surface area contributed by atoms with Gasteiger partial charge in [0.2, 0.25) is 5.91 Å². The van der Waals surface area contributed by atoms with E-state index in [1.807, 2.05) is 25.1 Å². The summed E-state index contributed by atoms with van der Waals surface area (Å²) in [5.74, 6) is 0.884. The molecule has 19 heavy (non-hydrogen) atoms. The fourth-order valence-electron chi connectivity index (χ4n) is 1.78. The summed E-state index contributed by atoms with van der Waals surface area (Å²) in [6, 6.07) is 5.55. The monoisotopic (exact) mass is 265 g/mol. The molecule has 1 aromatic carbocycles. The third-order valence-electron chi connectivity index (χ3n) is 3.00. The Morgan fingerprint density at radius 1 is 1.37 bits per heavy atom. The van der Waals surface area contributed by atoms with Crippen molar-refractivity contribution in [3.05, 3.63) is 23.8 Å². The lowest BCUT2D eigenvalue weighted by Crippen LogP contribution is -2.36. The van der Waals surface area contributed by atoms with Crippen molar-refractivity contribution in [1.82, 2.24) is 9.80 Å². The zero-order valence-corrected chi connectivity index (χ0v) is 12.1. The van der Waals surface area contributed by atoms with Crippen LogP contribution >= 0.6 is 0 Å². The van der Waals surface area contributed by atoms with Gasteiger partial charge in [-0.05, 0) is 24.7 Å². The Kier molecular flexibility index (Phi) is 5.63. The lowest BCUT2D eigenvalue weighted by atomic mass is 10.1. The van der Waals surface area contributed by atoms with E-state index in [9.17, 15) is 4.79 Å². The third kappa shape index (κ3) is 4.44. The van der Waals surface area contributed by atoms with Crippen molar-refractivity contribution in [3.8, 4) is 5.75 Å². The van der Waals surface area contributed by atoms with Gasteiger partial charge in [-0.15, -0.1) is 0 Å². The molecule has 0 saturated heterocycles. The molecule has 0 aromatic heterocycles. The first-order chi connectivity index (χ1) is 8.97. The Hall–Kier alpha value is -1.75. The molecular formula is C14H23N3O2. The molecule has 0 atom stereocenters. The summed E-state index contributed by atoms with van der Waals surface area (Å²) in [4.78, 5) is 15.4. The summed E-state index contributed by atoms with van der Waals surface area (Å²) in [5, 5.41) is 0. The number of carbonyl (C=O) groups excluding carboxylic acids is 1. The fraction of sp³-hybridized carbons (Fsp3) is 0.500. The first kappa shape index (κ1) is 15.3. The second kappa shape index (κ2) is 6.99. The molecular weight excluding hydrogens is 242 g/mol. The number of rotatable bonds is 6. The lowest BCUT2D eigenvalue weighted by Gasteiger charge is -2.23. The molecule has 0 radical (unpaired) electrons. The van der Waals surface area contributed by atoms with E-state index in [1.54, 1.807) is 26.1 Å². The Bertz CT molecular complexity index is 433. The third-order valence-corrected chi connectivity index (χ3v) is 3.00. The normalized spacial score (nSPS) is 10.6. The summed E-state index contributed by atoms with van der Waals surface area (Å²) < 4.78 is 5.32. The zero-order chi connectivity index (χ0) is 14.4. The number of hydrogen-bond donors (Lipinski definition) is 1. The van der Waals surface area contributed by atoms with Crippen molar-refractivity contribution in [1.29, 1.82) is 0 Å². The second-order valence-corrected chi connectivity index (χ2v) is 4.66. The zero-order valence-electron chi connectivity index (χ0n) is 12.1. The van der Waals surface area contributed by atoms with Crippen LogP contribution in [0.1, 0.15) is 12.5 Å². The largest absolute Gasteiger partial charge is 0.496 e. The average Bonchev–Trinajstić information content (AvgIpc) is 2.37. The molecule has 2 N–H and O–H groups in total. The van der Waals surface area contributed by atoms with Crippen molar-refractivity contribution in [2.75, 3.05) is 40.0 Å². The van der Waals surface area contributed by atoms with Gasteiger partial charge >= 0.3 is 0 Å². The number of ether oxygens (including phenoxy) is 1. The van der Waals surface area contributed by atoms with Gasteiger partial charge in [0.1, 0.15) is 5.75 Å². The van der Waals surface area contributed by atoms with Crippen LogP contribution in [-0.2, 0) is 11.3 Å². The fourth-order valence-corrected chi connectivity index (χ4v) is 1.78. The van der Waals surface area contributed by atoms with Crippen LogP contribution in [0.2, 0.25) is 0 Å². The molecule has 0 aliphatic heterocycles. The highest BCUT2D eigenvalue weighted by Gasteiger charge is 2.13. The van der Waals surface area contributed by atoms with Gasteiger partial charge in [0.25, 0.3) is 0 Å². The minimum Gasteiger partial charge on any atom is -0.496 e. The first-order valence-corrected chi connectivity index (χ1v) is 6.32. The number of carbonyl (C=O) groups is 1. The minimum absolute atomic E-state index is 0.0877. The number of methoxy groups -OCH3 is 1. The number of amides is 1. The van der Waals surface area contributed by atoms with Crippen molar-refractivity contribution < 1.29 is 9.53 Å². The Morgan fingerprint density at radius 3 is 2.58 bits per heavy atom. The van der Waals surface area contributed by atoms with E-state index in [-0.39, 0.29) is 5.91 Å². The summed E-state index contributed by atoms with van der Waals surface area (Å²) in [6.07, 6.45) is 0. The highest BCUT2D eigenvalue weighted by atomic mass is 16.5. The maximum Gasteiger partial charge on any atom is 0.236 e. The van der Waals surface area contributed by atoms with E-state index >= 15 is 0 Å². The van der Waals surface area contributed by atoms with Gasteiger partial charge in [-0.3, -0.25) is 9.69 Å². The standard InChI is InChI=1S/C14H23N3O2/c1-5-17(10-14(18)16(2)3)9-11-8-12(15)6-7-13(11)19-4/h6-8H,5,9-10,15H2,1-4H3. The lowest BCUT2D eigenvalue weighted by molar-refractivity contribution is -0.130. The van der Waals surface area contributed by atoms with Gasteiger partial charge in [-0.1, -0.05) is 6.92 Å². The van der Waals surface area contributed by atoms with E-state index in [0.717, 1.165) is 17.9 Å². The SMILES string of the molecule is CCN(CC(=O)N(C)C)Cc1cc(N)ccc1OC. The molecule has 0 aliphatic rings. The average molecular weight is 265 g/mol. The predicted octanol–water partition coefficient (Wildman–Crippen LogP) is 1.19. The van der Waals surface area contributed by atoms with Crippen molar-refractivity contribution in [3.63, 3.8) is 0 Å². The number of nitrogen functional groups attached to an aromatic ring is 1. The van der Waals surface area contributed by atoms with E-state index in [0.29, 0.717) is 18.8 Å². The summed E-state index contributed by atoms with van der Waals surface area (Å²) in [6.45, 7) is 3.85. The number of nitrogens with zero attached hydrogens (tertiary/aromatic N) is 2. The van der Waals surface area contributed by atoms with Gasteiger partial charge in [0, 0.05) is 31.9 Å². The summed E-state index contributed by atoms with van der Waals surface area (Å²) >= 11 is 0. The number of hydrogen-bond acceptors (Lipinski definition) is 4. The topological polar surface area (TPSA) is 58.8 Å². The highest BCUT2D eigenvalue weighted by molar-refractivity contribution is 5.77. The van der Waals surface area contributed by atoms with Crippen LogP contribution in [0, 0.1) is 0 Å². The maximum absolute atomic E-state index is 11.8. The molecule has 0 bridgehead atoms.